The third-order valence-electron chi connectivity index (χ3n) is 3.36. The first kappa shape index (κ1) is 14.0. The number of benzene rings is 1. The molecule has 1 aliphatic rings. The van der Waals surface area contributed by atoms with Crippen LogP contribution in [0.25, 0.3) is 0 Å². The first-order valence-corrected chi connectivity index (χ1v) is 6.34. The lowest BCUT2D eigenvalue weighted by Crippen LogP contribution is -2.16. The third kappa shape index (κ3) is 3.32. The van der Waals surface area contributed by atoms with E-state index in [1.807, 2.05) is 0 Å². The van der Waals surface area contributed by atoms with Gasteiger partial charge in [0.25, 0.3) is 0 Å². The standard InChI is InChI=1S/C13H16F3NO2/c14-9-6-10(11(15)12(16)13(9)18)17-19-7-8-4-2-1-3-5-8/h6,8,17-18H,1-5,7H2. The summed E-state index contributed by atoms with van der Waals surface area (Å²) in [6.45, 7) is 0.365. The van der Waals surface area contributed by atoms with Crippen molar-refractivity contribution < 1.29 is 23.1 Å². The lowest BCUT2D eigenvalue weighted by Gasteiger charge is -2.21. The minimum atomic E-state index is -1.62. The summed E-state index contributed by atoms with van der Waals surface area (Å²) in [5, 5.41) is 8.88. The number of aromatic hydroxyl groups is 1. The van der Waals surface area contributed by atoms with Crippen LogP contribution in [-0.4, -0.2) is 11.7 Å². The molecule has 19 heavy (non-hydrogen) atoms. The molecule has 0 aliphatic heterocycles. The van der Waals surface area contributed by atoms with E-state index in [0.29, 0.717) is 18.6 Å². The van der Waals surface area contributed by atoms with Crippen LogP contribution < -0.4 is 5.48 Å². The number of phenols is 1. The summed E-state index contributed by atoms with van der Waals surface area (Å²) in [4.78, 5) is 5.08. The van der Waals surface area contributed by atoms with Crippen molar-refractivity contribution in [2.24, 2.45) is 5.92 Å². The largest absolute Gasteiger partial charge is 0.503 e. The van der Waals surface area contributed by atoms with Gasteiger partial charge in [-0.15, -0.1) is 0 Å². The minimum Gasteiger partial charge on any atom is -0.503 e. The van der Waals surface area contributed by atoms with E-state index >= 15 is 0 Å². The topological polar surface area (TPSA) is 41.5 Å². The van der Waals surface area contributed by atoms with Crippen molar-refractivity contribution in [1.82, 2.24) is 0 Å². The van der Waals surface area contributed by atoms with Crippen LogP contribution in [0.5, 0.6) is 5.75 Å². The Bertz CT molecular complexity index is 448. The molecule has 1 aliphatic carbocycles. The quantitative estimate of drug-likeness (QED) is 0.500. The molecule has 0 amide bonds. The van der Waals surface area contributed by atoms with Crippen LogP contribution in [0.3, 0.4) is 0 Å². The molecule has 0 atom stereocenters. The van der Waals surface area contributed by atoms with Gasteiger partial charge < -0.3 is 5.11 Å². The molecule has 0 aromatic heterocycles. The highest BCUT2D eigenvalue weighted by Gasteiger charge is 2.19. The molecule has 1 aromatic rings. The van der Waals surface area contributed by atoms with Gasteiger partial charge in [-0.3, -0.25) is 10.3 Å². The van der Waals surface area contributed by atoms with E-state index in [0.717, 1.165) is 25.7 Å². The molecular weight excluding hydrogens is 259 g/mol. The second-order valence-corrected chi connectivity index (χ2v) is 4.80. The molecule has 0 bridgehead atoms. The van der Waals surface area contributed by atoms with Crippen LogP contribution >= 0.6 is 0 Å². The van der Waals surface area contributed by atoms with Crippen LogP contribution in [0.1, 0.15) is 32.1 Å². The predicted molar refractivity (Wildman–Crippen MR) is 64.1 cm³/mol. The molecule has 1 saturated carbocycles. The Morgan fingerprint density at radius 2 is 1.84 bits per heavy atom. The van der Waals surface area contributed by atoms with Gasteiger partial charge in [-0.1, -0.05) is 19.3 Å². The predicted octanol–water partition coefficient (Wildman–Crippen LogP) is 3.73. The summed E-state index contributed by atoms with van der Waals surface area (Å²) in [5.41, 5.74) is 1.75. The summed E-state index contributed by atoms with van der Waals surface area (Å²) in [7, 11) is 0. The molecule has 0 unspecified atom stereocenters. The molecule has 1 fully saturated rings. The molecule has 2 N–H and O–H groups in total. The second-order valence-electron chi connectivity index (χ2n) is 4.80. The zero-order valence-corrected chi connectivity index (χ0v) is 10.4. The van der Waals surface area contributed by atoms with Gasteiger partial charge in [-0.2, -0.15) is 4.39 Å². The maximum Gasteiger partial charge on any atom is 0.205 e. The SMILES string of the molecule is Oc1c(F)cc(NOCC2CCCCC2)c(F)c1F. The van der Waals surface area contributed by atoms with E-state index < -0.39 is 28.9 Å². The molecule has 106 valence electrons. The average molecular weight is 275 g/mol. The normalized spacial score (nSPS) is 16.6. The zero-order valence-electron chi connectivity index (χ0n) is 10.4. The number of phenolic OH excluding ortho intramolecular Hbond substituents is 1. The van der Waals surface area contributed by atoms with E-state index in [-0.39, 0.29) is 0 Å². The van der Waals surface area contributed by atoms with Gasteiger partial charge in [-0.25, -0.2) is 8.78 Å². The molecule has 0 saturated heterocycles. The minimum absolute atomic E-state index is 0.365. The Kier molecular flexibility index (Phi) is 4.52. The van der Waals surface area contributed by atoms with Crippen molar-refractivity contribution in [2.45, 2.75) is 32.1 Å². The fourth-order valence-electron chi connectivity index (χ4n) is 2.25. The fraction of sp³-hybridized carbons (Fsp3) is 0.538. The molecule has 3 nitrogen and oxygen atoms in total. The molecule has 2 rings (SSSR count). The van der Waals surface area contributed by atoms with Crippen molar-refractivity contribution in [1.29, 1.82) is 0 Å². The number of anilines is 1. The van der Waals surface area contributed by atoms with Crippen LogP contribution in [0.2, 0.25) is 0 Å². The molecule has 0 heterocycles. The number of halogens is 3. The Balaban J connectivity index is 1.92. The van der Waals surface area contributed by atoms with Gasteiger partial charge in [0.05, 0.1) is 6.61 Å². The average Bonchev–Trinajstić information content (AvgIpc) is 2.43. The van der Waals surface area contributed by atoms with Gasteiger partial charge in [0.15, 0.2) is 17.4 Å². The van der Waals surface area contributed by atoms with E-state index in [1.165, 1.54) is 6.42 Å². The van der Waals surface area contributed by atoms with Crippen LogP contribution in [0.15, 0.2) is 6.07 Å². The summed E-state index contributed by atoms with van der Waals surface area (Å²) in [6, 6.07) is 0.661. The smallest absolute Gasteiger partial charge is 0.205 e. The van der Waals surface area contributed by atoms with E-state index in [2.05, 4.69) is 5.48 Å². The Labute approximate surface area is 109 Å². The van der Waals surface area contributed by atoms with Crippen LogP contribution in [0, 0.1) is 23.4 Å². The Morgan fingerprint density at radius 1 is 1.16 bits per heavy atom. The van der Waals surface area contributed by atoms with Gasteiger partial charge in [0, 0.05) is 6.07 Å². The molecular formula is C13H16F3NO2. The van der Waals surface area contributed by atoms with E-state index in [4.69, 9.17) is 9.94 Å². The van der Waals surface area contributed by atoms with E-state index in [9.17, 15) is 13.2 Å². The van der Waals surface area contributed by atoms with Gasteiger partial charge >= 0.3 is 0 Å². The van der Waals surface area contributed by atoms with Gasteiger partial charge in [-0.05, 0) is 18.8 Å². The summed E-state index contributed by atoms with van der Waals surface area (Å²) in [6.07, 6.45) is 5.59. The van der Waals surface area contributed by atoms with Crippen molar-refractivity contribution in [2.75, 3.05) is 12.1 Å². The van der Waals surface area contributed by atoms with Gasteiger partial charge in [0.1, 0.15) is 5.69 Å². The molecule has 0 radical (unpaired) electrons. The van der Waals surface area contributed by atoms with Gasteiger partial charge in [0.2, 0.25) is 5.82 Å². The fourth-order valence-corrected chi connectivity index (χ4v) is 2.25. The van der Waals surface area contributed by atoms with Crippen molar-refractivity contribution in [3.63, 3.8) is 0 Å². The molecule has 0 spiro atoms. The van der Waals surface area contributed by atoms with Crippen molar-refractivity contribution >= 4 is 5.69 Å². The van der Waals surface area contributed by atoms with Crippen molar-refractivity contribution in [3.8, 4) is 5.75 Å². The number of rotatable bonds is 4. The molecule has 1 aromatic carbocycles. The number of hydrogen-bond donors (Lipinski definition) is 2. The van der Waals surface area contributed by atoms with Crippen molar-refractivity contribution in [3.05, 3.63) is 23.5 Å². The third-order valence-corrected chi connectivity index (χ3v) is 3.36. The van der Waals surface area contributed by atoms with E-state index in [1.54, 1.807) is 0 Å². The Hall–Kier alpha value is -1.43. The first-order valence-electron chi connectivity index (χ1n) is 6.34. The first-order chi connectivity index (χ1) is 9.09. The zero-order chi connectivity index (χ0) is 13.8. The summed E-state index contributed by atoms with van der Waals surface area (Å²) in [5.74, 6) is -5.15. The second kappa shape index (κ2) is 6.14. The highest BCUT2D eigenvalue weighted by Crippen LogP contribution is 2.29. The summed E-state index contributed by atoms with van der Waals surface area (Å²) < 4.78 is 39.5. The maximum atomic E-state index is 13.4. The highest BCUT2D eigenvalue weighted by atomic mass is 19.2. The molecule has 6 heteroatoms. The van der Waals surface area contributed by atoms with Crippen LogP contribution in [0.4, 0.5) is 18.9 Å². The van der Waals surface area contributed by atoms with Crippen LogP contribution in [-0.2, 0) is 4.84 Å². The summed E-state index contributed by atoms with van der Waals surface area (Å²) >= 11 is 0. The maximum absolute atomic E-state index is 13.4. The highest BCUT2D eigenvalue weighted by molar-refractivity contribution is 5.47. The number of nitrogens with one attached hydrogen (secondary N) is 1. The Morgan fingerprint density at radius 3 is 2.53 bits per heavy atom. The lowest BCUT2D eigenvalue weighted by molar-refractivity contribution is 0.127. The monoisotopic (exact) mass is 275 g/mol. The lowest BCUT2D eigenvalue weighted by atomic mass is 9.90. The number of hydrogen-bond acceptors (Lipinski definition) is 3.